The first-order valence-electron chi connectivity index (χ1n) is 9.71. The number of nitrogens with one attached hydrogen (secondary N) is 2. The molecule has 0 bridgehead atoms. The van der Waals surface area contributed by atoms with Gasteiger partial charge in [0.15, 0.2) is 0 Å². The number of carbonyl (C=O) groups is 2. The summed E-state index contributed by atoms with van der Waals surface area (Å²) in [6.45, 7) is 0.560. The van der Waals surface area contributed by atoms with Gasteiger partial charge < -0.3 is 21.1 Å². The maximum Gasteiger partial charge on any atom is 0.407 e. The molecule has 0 atom stereocenters. The van der Waals surface area contributed by atoms with E-state index in [-0.39, 0.29) is 12.5 Å². The lowest BCUT2D eigenvalue weighted by Gasteiger charge is -2.07. The van der Waals surface area contributed by atoms with Crippen LogP contribution >= 0.6 is 11.3 Å². The van der Waals surface area contributed by atoms with Gasteiger partial charge in [0.2, 0.25) is 0 Å². The van der Waals surface area contributed by atoms with Crippen molar-refractivity contribution >= 4 is 44.8 Å². The van der Waals surface area contributed by atoms with E-state index < -0.39 is 6.09 Å². The SMILES string of the molecule is Nc1ccccc1NC(=O)c1cc2ccc(CNC(=O)OCc3ccccc3)cc2s1. The van der Waals surface area contributed by atoms with Gasteiger partial charge in [-0.1, -0.05) is 54.6 Å². The zero-order chi connectivity index (χ0) is 21.6. The number of nitrogen functional groups attached to an aromatic ring is 1. The van der Waals surface area contributed by atoms with Gasteiger partial charge >= 0.3 is 6.09 Å². The van der Waals surface area contributed by atoms with E-state index in [0.717, 1.165) is 21.2 Å². The third-order valence-electron chi connectivity index (χ3n) is 4.67. The zero-order valence-electron chi connectivity index (χ0n) is 16.6. The fourth-order valence-corrected chi connectivity index (χ4v) is 4.06. The van der Waals surface area contributed by atoms with E-state index in [9.17, 15) is 9.59 Å². The Balaban J connectivity index is 1.36. The quantitative estimate of drug-likeness (QED) is 0.368. The Bertz CT molecular complexity index is 1220. The molecule has 0 aliphatic heterocycles. The second kappa shape index (κ2) is 9.32. The molecule has 0 spiro atoms. The minimum atomic E-state index is -0.476. The van der Waals surface area contributed by atoms with Crippen LogP contribution in [0.2, 0.25) is 0 Å². The first-order valence-corrected chi connectivity index (χ1v) is 10.5. The Morgan fingerprint density at radius 3 is 2.48 bits per heavy atom. The molecule has 156 valence electrons. The Hall–Kier alpha value is -3.84. The highest BCUT2D eigenvalue weighted by molar-refractivity contribution is 7.20. The topological polar surface area (TPSA) is 93.5 Å². The van der Waals surface area contributed by atoms with Crippen LogP contribution in [0.15, 0.2) is 78.9 Å². The van der Waals surface area contributed by atoms with Crippen LogP contribution in [0.25, 0.3) is 10.1 Å². The average molecular weight is 432 g/mol. The predicted molar refractivity (Wildman–Crippen MR) is 124 cm³/mol. The van der Waals surface area contributed by atoms with Gasteiger partial charge in [-0.05, 0) is 40.8 Å². The molecule has 4 N–H and O–H groups in total. The summed E-state index contributed by atoms with van der Waals surface area (Å²) in [4.78, 5) is 25.1. The first kappa shape index (κ1) is 20.4. The number of hydrogen-bond acceptors (Lipinski definition) is 5. The molecule has 4 aromatic rings. The van der Waals surface area contributed by atoms with Crippen LogP contribution in [0.1, 0.15) is 20.8 Å². The lowest BCUT2D eigenvalue weighted by Crippen LogP contribution is -2.23. The van der Waals surface area contributed by atoms with Crippen molar-refractivity contribution in [1.82, 2.24) is 5.32 Å². The largest absolute Gasteiger partial charge is 0.445 e. The minimum Gasteiger partial charge on any atom is -0.445 e. The van der Waals surface area contributed by atoms with Gasteiger partial charge in [0.25, 0.3) is 5.91 Å². The molecule has 0 fully saturated rings. The molecule has 3 aromatic carbocycles. The third-order valence-corrected chi connectivity index (χ3v) is 5.76. The number of thiophene rings is 1. The Morgan fingerprint density at radius 2 is 1.68 bits per heavy atom. The van der Waals surface area contributed by atoms with Crippen LogP contribution < -0.4 is 16.4 Å². The van der Waals surface area contributed by atoms with Crippen molar-refractivity contribution in [1.29, 1.82) is 0 Å². The fraction of sp³-hybridized carbons (Fsp3) is 0.0833. The first-order chi connectivity index (χ1) is 15.1. The number of anilines is 2. The summed E-state index contributed by atoms with van der Waals surface area (Å²) in [5.41, 5.74) is 8.86. The number of benzene rings is 3. The predicted octanol–water partition coefficient (Wildman–Crippen LogP) is 5.16. The normalized spacial score (nSPS) is 10.6. The molecule has 0 aliphatic carbocycles. The van der Waals surface area contributed by atoms with Crippen molar-refractivity contribution in [2.75, 3.05) is 11.1 Å². The second-order valence-electron chi connectivity index (χ2n) is 6.94. The smallest absolute Gasteiger partial charge is 0.407 e. The molecule has 0 aliphatic rings. The van der Waals surface area contributed by atoms with Gasteiger partial charge in [0, 0.05) is 11.2 Å². The van der Waals surface area contributed by atoms with E-state index in [0.29, 0.717) is 22.8 Å². The highest BCUT2D eigenvalue weighted by Crippen LogP contribution is 2.28. The van der Waals surface area contributed by atoms with Gasteiger partial charge in [0.1, 0.15) is 6.61 Å². The lowest BCUT2D eigenvalue weighted by molar-refractivity contribution is 0.103. The molecule has 0 saturated heterocycles. The number of ether oxygens (including phenoxy) is 1. The molecule has 0 radical (unpaired) electrons. The number of fused-ring (bicyclic) bond motifs is 1. The molecular formula is C24H21N3O3S. The molecule has 7 heteroatoms. The Kier molecular flexibility index (Phi) is 6.14. The third kappa shape index (κ3) is 5.21. The standard InChI is InChI=1S/C24H21N3O3S/c25-19-8-4-5-9-20(19)27-23(28)22-13-18-11-10-17(12-21(18)31-22)14-26-24(29)30-15-16-6-2-1-3-7-16/h1-13H,14-15,25H2,(H,26,29)(H,27,28). The minimum absolute atomic E-state index is 0.205. The number of para-hydroxylation sites is 2. The molecule has 0 unspecified atom stereocenters. The molecular weight excluding hydrogens is 410 g/mol. The van der Waals surface area contributed by atoms with Gasteiger partial charge in [-0.25, -0.2) is 4.79 Å². The molecule has 2 amide bonds. The van der Waals surface area contributed by atoms with E-state index in [2.05, 4.69) is 10.6 Å². The zero-order valence-corrected chi connectivity index (χ0v) is 17.4. The van der Waals surface area contributed by atoms with Crippen LogP contribution in [0.5, 0.6) is 0 Å². The van der Waals surface area contributed by atoms with Crippen LogP contribution in [0, 0.1) is 0 Å². The highest BCUT2D eigenvalue weighted by atomic mass is 32.1. The number of rotatable bonds is 6. The summed E-state index contributed by atoms with van der Waals surface area (Å²) >= 11 is 1.39. The van der Waals surface area contributed by atoms with E-state index in [4.69, 9.17) is 10.5 Å². The molecule has 31 heavy (non-hydrogen) atoms. The van der Waals surface area contributed by atoms with E-state index in [1.54, 1.807) is 12.1 Å². The number of nitrogens with two attached hydrogens (primary N) is 1. The second-order valence-corrected chi connectivity index (χ2v) is 8.02. The average Bonchev–Trinajstić information content (AvgIpc) is 3.22. The monoisotopic (exact) mass is 431 g/mol. The summed E-state index contributed by atoms with van der Waals surface area (Å²) in [7, 11) is 0. The highest BCUT2D eigenvalue weighted by Gasteiger charge is 2.12. The maximum absolute atomic E-state index is 12.6. The summed E-state index contributed by atoms with van der Waals surface area (Å²) in [5, 5.41) is 6.56. The number of carbonyl (C=O) groups excluding carboxylic acids is 2. The van der Waals surface area contributed by atoms with Crippen LogP contribution in [-0.4, -0.2) is 12.0 Å². The molecule has 1 aromatic heterocycles. The van der Waals surface area contributed by atoms with E-state index in [1.165, 1.54) is 11.3 Å². The van der Waals surface area contributed by atoms with Crippen molar-refractivity contribution in [2.45, 2.75) is 13.2 Å². The van der Waals surface area contributed by atoms with Crippen LogP contribution in [-0.2, 0) is 17.9 Å². The Labute approximate surface area is 183 Å². The summed E-state index contributed by atoms with van der Waals surface area (Å²) in [5.74, 6) is -0.205. The van der Waals surface area contributed by atoms with Gasteiger partial charge in [-0.2, -0.15) is 0 Å². The van der Waals surface area contributed by atoms with Gasteiger partial charge in [-0.15, -0.1) is 11.3 Å². The number of alkyl carbamates (subject to hydrolysis) is 1. The number of hydrogen-bond donors (Lipinski definition) is 3. The van der Waals surface area contributed by atoms with Crippen molar-refractivity contribution in [3.05, 3.63) is 94.9 Å². The molecule has 4 rings (SSSR count). The van der Waals surface area contributed by atoms with Crippen LogP contribution in [0.3, 0.4) is 0 Å². The number of amides is 2. The van der Waals surface area contributed by atoms with E-state index >= 15 is 0 Å². The van der Waals surface area contributed by atoms with Crippen LogP contribution in [0.4, 0.5) is 16.2 Å². The van der Waals surface area contributed by atoms with Gasteiger partial charge in [-0.3, -0.25) is 4.79 Å². The van der Waals surface area contributed by atoms with Crippen molar-refractivity contribution in [3.63, 3.8) is 0 Å². The lowest BCUT2D eigenvalue weighted by atomic mass is 10.1. The Morgan fingerprint density at radius 1 is 0.903 bits per heavy atom. The molecule has 0 saturated carbocycles. The van der Waals surface area contributed by atoms with Crippen molar-refractivity contribution in [3.8, 4) is 0 Å². The van der Waals surface area contributed by atoms with E-state index in [1.807, 2.05) is 66.7 Å². The summed E-state index contributed by atoms with van der Waals surface area (Å²) in [6.07, 6.45) is -0.476. The maximum atomic E-state index is 12.6. The summed E-state index contributed by atoms with van der Waals surface area (Å²) < 4.78 is 6.19. The van der Waals surface area contributed by atoms with Crippen molar-refractivity contribution < 1.29 is 14.3 Å². The fourth-order valence-electron chi connectivity index (χ4n) is 3.04. The van der Waals surface area contributed by atoms with Crippen molar-refractivity contribution in [2.24, 2.45) is 0 Å². The summed E-state index contributed by atoms with van der Waals surface area (Å²) in [6, 6.07) is 24.3. The van der Waals surface area contributed by atoms with Gasteiger partial charge in [0.05, 0.1) is 16.3 Å². The molecule has 6 nitrogen and oxygen atoms in total. The molecule has 1 heterocycles.